The molecule has 2 aromatic rings. The van der Waals surface area contributed by atoms with Gasteiger partial charge in [0.15, 0.2) is 0 Å². The van der Waals surface area contributed by atoms with E-state index in [2.05, 4.69) is 42.5 Å². The average molecular weight is 441 g/mol. The Labute approximate surface area is 187 Å². The molecule has 0 heterocycles. The van der Waals surface area contributed by atoms with E-state index in [9.17, 15) is 5.11 Å². The van der Waals surface area contributed by atoms with E-state index >= 15 is 0 Å². The summed E-state index contributed by atoms with van der Waals surface area (Å²) >= 11 is 0. The molecule has 0 saturated carbocycles. The molecule has 1 unspecified atom stereocenters. The van der Waals surface area contributed by atoms with Crippen LogP contribution < -0.4 is 10.1 Å². The summed E-state index contributed by atoms with van der Waals surface area (Å²) in [7, 11) is 4.21. The van der Waals surface area contributed by atoms with Crippen molar-refractivity contribution in [1.29, 1.82) is 0 Å². The SMILES string of the molecule is CN(C)Cc1ccc2c(c1)CC(NC[C@H](O)COc1ccccc1)CCC2.Cl.Cl. The van der Waals surface area contributed by atoms with Gasteiger partial charge in [-0.3, -0.25) is 0 Å². The lowest BCUT2D eigenvalue weighted by Crippen LogP contribution is -2.39. The number of rotatable bonds is 8. The summed E-state index contributed by atoms with van der Waals surface area (Å²) in [5.41, 5.74) is 4.31. The van der Waals surface area contributed by atoms with Crippen molar-refractivity contribution in [1.82, 2.24) is 10.2 Å². The minimum atomic E-state index is -0.506. The molecular weight excluding hydrogens is 407 g/mol. The molecular formula is C23H34Cl2N2O2. The molecule has 29 heavy (non-hydrogen) atoms. The molecule has 2 atom stereocenters. The number of aliphatic hydroxyl groups excluding tert-OH is 1. The Kier molecular flexibility index (Phi) is 11.6. The zero-order chi connectivity index (χ0) is 19.1. The maximum absolute atomic E-state index is 10.3. The van der Waals surface area contributed by atoms with Gasteiger partial charge >= 0.3 is 0 Å². The Morgan fingerprint density at radius 1 is 1.10 bits per heavy atom. The van der Waals surface area contributed by atoms with Crippen LogP contribution in [0, 0.1) is 0 Å². The predicted molar refractivity (Wildman–Crippen MR) is 125 cm³/mol. The summed E-state index contributed by atoms with van der Waals surface area (Å²) in [5.74, 6) is 0.799. The first kappa shape index (κ1) is 25.7. The fourth-order valence-electron chi connectivity index (χ4n) is 3.73. The number of para-hydroxylation sites is 1. The molecule has 1 aliphatic rings. The summed E-state index contributed by atoms with van der Waals surface area (Å²) in [5, 5.41) is 13.8. The number of halogens is 2. The second-order valence-corrected chi connectivity index (χ2v) is 7.82. The van der Waals surface area contributed by atoms with E-state index in [0.717, 1.165) is 31.6 Å². The summed E-state index contributed by atoms with van der Waals surface area (Å²) in [6.07, 6.45) is 4.00. The lowest BCUT2D eigenvalue weighted by Gasteiger charge is -2.20. The molecule has 0 aromatic heterocycles. The zero-order valence-electron chi connectivity index (χ0n) is 17.3. The van der Waals surface area contributed by atoms with Gasteiger partial charge < -0.3 is 20.1 Å². The number of nitrogens with one attached hydrogen (secondary N) is 1. The third kappa shape index (κ3) is 8.53. The van der Waals surface area contributed by atoms with Gasteiger partial charge in [0.25, 0.3) is 0 Å². The standard InChI is InChI=1S/C23H32N2O2.2ClH/c1-25(2)16-18-11-12-19-7-6-8-21(14-20(19)13-18)24-15-22(26)17-27-23-9-4-3-5-10-23;;/h3-5,9-13,21-22,24,26H,6-8,14-17H2,1-2H3;2*1H/t21?,22-;;/m0../s1. The van der Waals surface area contributed by atoms with Crippen LogP contribution in [0.2, 0.25) is 0 Å². The topological polar surface area (TPSA) is 44.7 Å². The lowest BCUT2D eigenvalue weighted by atomic mass is 9.98. The number of aryl methyl sites for hydroxylation is 1. The van der Waals surface area contributed by atoms with Crippen LogP contribution in [-0.4, -0.2) is 49.4 Å². The highest BCUT2D eigenvalue weighted by molar-refractivity contribution is 5.85. The third-order valence-electron chi connectivity index (χ3n) is 5.06. The first-order valence-electron chi connectivity index (χ1n) is 9.95. The molecule has 0 saturated heterocycles. The highest BCUT2D eigenvalue weighted by Gasteiger charge is 2.18. The summed E-state index contributed by atoms with van der Waals surface area (Å²) in [6, 6.07) is 17.0. The van der Waals surface area contributed by atoms with E-state index in [-0.39, 0.29) is 24.8 Å². The molecule has 6 heteroatoms. The second kappa shape index (κ2) is 13.1. The summed E-state index contributed by atoms with van der Waals surface area (Å²) in [4.78, 5) is 2.21. The number of aliphatic hydroxyl groups is 1. The van der Waals surface area contributed by atoms with Crippen molar-refractivity contribution in [3.05, 3.63) is 65.2 Å². The van der Waals surface area contributed by atoms with E-state index in [1.165, 1.54) is 23.1 Å². The van der Waals surface area contributed by atoms with Crippen LogP contribution in [0.5, 0.6) is 5.75 Å². The normalized spacial score (nSPS) is 16.8. The van der Waals surface area contributed by atoms with E-state index in [1.54, 1.807) is 0 Å². The molecule has 0 amide bonds. The van der Waals surface area contributed by atoms with Crippen molar-refractivity contribution >= 4 is 24.8 Å². The maximum Gasteiger partial charge on any atom is 0.119 e. The minimum Gasteiger partial charge on any atom is -0.491 e. The molecule has 2 N–H and O–H groups in total. The van der Waals surface area contributed by atoms with Gasteiger partial charge in [0.05, 0.1) is 0 Å². The van der Waals surface area contributed by atoms with Crippen LogP contribution in [0.25, 0.3) is 0 Å². The molecule has 0 aliphatic heterocycles. The second-order valence-electron chi connectivity index (χ2n) is 7.82. The van der Waals surface area contributed by atoms with Gasteiger partial charge in [0.2, 0.25) is 0 Å². The van der Waals surface area contributed by atoms with E-state index in [1.807, 2.05) is 30.3 Å². The molecule has 0 radical (unpaired) electrons. The summed E-state index contributed by atoms with van der Waals surface area (Å²) in [6.45, 7) is 1.85. The smallest absolute Gasteiger partial charge is 0.119 e. The Morgan fingerprint density at radius 2 is 1.86 bits per heavy atom. The van der Waals surface area contributed by atoms with Gasteiger partial charge in [-0.25, -0.2) is 0 Å². The number of fused-ring (bicyclic) bond motifs is 1. The number of benzene rings is 2. The van der Waals surface area contributed by atoms with Gasteiger partial charge in [-0.2, -0.15) is 0 Å². The minimum absolute atomic E-state index is 0. The number of hydrogen-bond donors (Lipinski definition) is 2. The number of hydrogen-bond acceptors (Lipinski definition) is 4. The van der Waals surface area contributed by atoms with E-state index in [0.29, 0.717) is 19.2 Å². The Bertz CT molecular complexity index is 713. The number of ether oxygens (including phenoxy) is 1. The van der Waals surface area contributed by atoms with Crippen molar-refractivity contribution in [2.45, 2.75) is 44.4 Å². The number of nitrogens with zero attached hydrogens (tertiary/aromatic N) is 1. The van der Waals surface area contributed by atoms with Crippen LogP contribution in [0.1, 0.15) is 29.5 Å². The summed E-state index contributed by atoms with van der Waals surface area (Å²) < 4.78 is 5.65. The van der Waals surface area contributed by atoms with Gasteiger partial charge in [-0.1, -0.05) is 36.4 Å². The van der Waals surface area contributed by atoms with Crippen LogP contribution >= 0.6 is 24.8 Å². The van der Waals surface area contributed by atoms with Crippen LogP contribution in [0.15, 0.2) is 48.5 Å². The molecule has 0 fully saturated rings. The monoisotopic (exact) mass is 440 g/mol. The molecule has 2 aromatic carbocycles. The van der Waals surface area contributed by atoms with Crippen molar-refractivity contribution in [3.63, 3.8) is 0 Å². The van der Waals surface area contributed by atoms with Gasteiger partial charge in [-0.15, -0.1) is 24.8 Å². The largest absolute Gasteiger partial charge is 0.491 e. The average Bonchev–Trinajstić information content (AvgIpc) is 2.86. The highest BCUT2D eigenvalue weighted by atomic mass is 35.5. The fourth-order valence-corrected chi connectivity index (χ4v) is 3.73. The Balaban J connectivity index is 0.00000210. The molecule has 3 rings (SSSR count). The lowest BCUT2D eigenvalue weighted by molar-refractivity contribution is 0.103. The van der Waals surface area contributed by atoms with E-state index < -0.39 is 6.10 Å². The zero-order valence-corrected chi connectivity index (χ0v) is 19.0. The van der Waals surface area contributed by atoms with Gasteiger partial charge in [-0.05, 0) is 68.6 Å². The Morgan fingerprint density at radius 3 is 2.59 bits per heavy atom. The van der Waals surface area contributed by atoms with Crippen LogP contribution in [0.4, 0.5) is 0 Å². The first-order valence-corrected chi connectivity index (χ1v) is 9.95. The molecule has 162 valence electrons. The maximum atomic E-state index is 10.3. The van der Waals surface area contributed by atoms with Crippen molar-refractivity contribution in [2.24, 2.45) is 0 Å². The third-order valence-corrected chi connectivity index (χ3v) is 5.06. The van der Waals surface area contributed by atoms with Crippen molar-refractivity contribution in [3.8, 4) is 5.75 Å². The quantitative estimate of drug-likeness (QED) is 0.611. The van der Waals surface area contributed by atoms with Crippen LogP contribution in [0.3, 0.4) is 0 Å². The molecule has 1 aliphatic carbocycles. The first-order chi connectivity index (χ1) is 13.1. The molecule has 0 bridgehead atoms. The van der Waals surface area contributed by atoms with Gasteiger partial charge in [0.1, 0.15) is 18.5 Å². The van der Waals surface area contributed by atoms with Gasteiger partial charge in [0, 0.05) is 19.1 Å². The van der Waals surface area contributed by atoms with Crippen molar-refractivity contribution in [2.75, 3.05) is 27.2 Å². The predicted octanol–water partition coefficient (Wildman–Crippen LogP) is 3.87. The highest BCUT2D eigenvalue weighted by Crippen LogP contribution is 2.22. The molecule has 0 spiro atoms. The van der Waals surface area contributed by atoms with Crippen LogP contribution in [-0.2, 0) is 19.4 Å². The molecule has 4 nitrogen and oxygen atoms in total. The van der Waals surface area contributed by atoms with E-state index in [4.69, 9.17) is 4.74 Å². The Hall–Kier alpha value is -1.30. The fraction of sp³-hybridized carbons (Fsp3) is 0.478. The van der Waals surface area contributed by atoms with Crippen molar-refractivity contribution < 1.29 is 9.84 Å².